The largest absolute Gasteiger partial charge is 0.186 e. The lowest BCUT2D eigenvalue weighted by Gasteiger charge is -2.02. The summed E-state index contributed by atoms with van der Waals surface area (Å²) in [5.41, 5.74) is 1.26. The van der Waals surface area contributed by atoms with Crippen molar-refractivity contribution >= 4 is 5.87 Å². The Bertz CT molecular complexity index is 179. The van der Waals surface area contributed by atoms with Crippen LogP contribution in [0.3, 0.4) is 0 Å². The second kappa shape index (κ2) is 6.02. The predicted molar refractivity (Wildman–Crippen MR) is 55.0 cm³/mol. The molecule has 0 aliphatic carbocycles. The Hall–Kier alpha value is -0.550. The number of rotatable bonds is 4. The molecule has 0 aliphatic heterocycles. The Morgan fingerprint density at radius 3 is 2.25 bits per heavy atom. The van der Waals surface area contributed by atoms with Crippen molar-refractivity contribution < 1.29 is 4.58 Å². The minimum absolute atomic E-state index is 0.575. The Labute approximate surface area is 76.8 Å². The third-order valence-electron chi connectivity index (χ3n) is 1.74. The zero-order valence-electron chi connectivity index (χ0n) is 9.15. The Balaban J connectivity index is 4.35. The average molecular weight is 168 g/mol. The summed E-state index contributed by atoms with van der Waals surface area (Å²) in [4.78, 5) is 0. The molecule has 0 N–H and O–H groups in total. The molecule has 0 aromatic rings. The lowest BCUT2D eigenvalue weighted by molar-refractivity contribution is -0.552. The summed E-state index contributed by atoms with van der Waals surface area (Å²) in [5, 5.41) is 0. The van der Waals surface area contributed by atoms with Crippen LogP contribution < -0.4 is 0 Å². The highest BCUT2D eigenvalue weighted by molar-refractivity contribution is 5.50. The average Bonchev–Trinajstić information content (AvgIpc) is 1.96. The predicted octanol–water partition coefficient (Wildman–Crippen LogP) is 2.84. The van der Waals surface area contributed by atoms with Gasteiger partial charge in [0.15, 0.2) is 18.5 Å². The summed E-state index contributed by atoms with van der Waals surface area (Å²) in [7, 11) is 0. The standard InChI is InChI=1S/C11H22N/c1-6-7-8-12(11(4)5)9-10(2)3/h11H,6-8H2,1-5H3/q+1. The summed E-state index contributed by atoms with van der Waals surface area (Å²) in [6, 6.07) is 0.575. The quantitative estimate of drug-likeness (QED) is 0.448. The van der Waals surface area contributed by atoms with Crippen molar-refractivity contribution in [2.75, 3.05) is 6.54 Å². The van der Waals surface area contributed by atoms with Gasteiger partial charge in [0.1, 0.15) is 0 Å². The zero-order chi connectivity index (χ0) is 9.56. The van der Waals surface area contributed by atoms with Crippen LogP contribution in [0.2, 0.25) is 0 Å². The van der Waals surface area contributed by atoms with E-state index < -0.39 is 0 Å². The smallest absolute Gasteiger partial charge is 0.165 e. The van der Waals surface area contributed by atoms with Crippen molar-refractivity contribution in [1.82, 2.24) is 0 Å². The molecule has 0 saturated carbocycles. The van der Waals surface area contributed by atoms with Crippen LogP contribution in [0.15, 0.2) is 5.57 Å². The van der Waals surface area contributed by atoms with Gasteiger partial charge < -0.3 is 0 Å². The Morgan fingerprint density at radius 1 is 1.33 bits per heavy atom. The maximum atomic E-state index is 3.36. The number of hydrogen-bond donors (Lipinski definition) is 0. The van der Waals surface area contributed by atoms with Gasteiger partial charge in [-0.15, -0.1) is 0 Å². The molecule has 0 spiro atoms. The van der Waals surface area contributed by atoms with Gasteiger partial charge in [0, 0.05) is 12.0 Å². The summed E-state index contributed by atoms with van der Waals surface area (Å²) in [5.74, 6) is 3.36. The molecule has 0 unspecified atom stereocenters. The van der Waals surface area contributed by atoms with Crippen molar-refractivity contribution in [1.29, 1.82) is 0 Å². The summed E-state index contributed by atoms with van der Waals surface area (Å²) in [6.45, 7) is 12.0. The SMILES string of the molecule is CCCC[N+](=C=C(C)C)C(C)C. The number of allylic oxidation sites excluding steroid dienone is 1. The van der Waals surface area contributed by atoms with Crippen molar-refractivity contribution in [3.8, 4) is 0 Å². The molecule has 0 aromatic carbocycles. The van der Waals surface area contributed by atoms with Crippen LogP contribution >= 0.6 is 0 Å². The molecule has 0 heterocycles. The van der Waals surface area contributed by atoms with Crippen molar-refractivity contribution in [3.05, 3.63) is 5.57 Å². The van der Waals surface area contributed by atoms with Crippen LogP contribution in [-0.2, 0) is 0 Å². The van der Waals surface area contributed by atoms with Gasteiger partial charge >= 0.3 is 0 Å². The van der Waals surface area contributed by atoms with Gasteiger partial charge in [-0.25, -0.2) is 0 Å². The molecule has 12 heavy (non-hydrogen) atoms. The fourth-order valence-corrected chi connectivity index (χ4v) is 1.06. The Kier molecular flexibility index (Phi) is 5.74. The van der Waals surface area contributed by atoms with Gasteiger partial charge in [-0.05, 0) is 27.7 Å². The first-order valence-electron chi connectivity index (χ1n) is 4.91. The first-order chi connectivity index (χ1) is 5.57. The van der Waals surface area contributed by atoms with Gasteiger partial charge in [-0.3, -0.25) is 0 Å². The van der Waals surface area contributed by atoms with Crippen LogP contribution in [0.4, 0.5) is 0 Å². The van der Waals surface area contributed by atoms with Crippen molar-refractivity contribution in [2.45, 2.75) is 53.5 Å². The lowest BCUT2D eigenvalue weighted by Crippen LogP contribution is -2.21. The summed E-state index contributed by atoms with van der Waals surface area (Å²) in [6.07, 6.45) is 2.52. The van der Waals surface area contributed by atoms with E-state index in [-0.39, 0.29) is 0 Å². The normalized spacial score (nSPS) is 9.83. The molecular weight excluding hydrogens is 146 g/mol. The van der Waals surface area contributed by atoms with Gasteiger partial charge in [-0.1, -0.05) is 13.3 Å². The maximum absolute atomic E-state index is 3.36. The minimum Gasteiger partial charge on any atom is -0.186 e. The highest BCUT2D eigenvalue weighted by Gasteiger charge is 2.07. The van der Waals surface area contributed by atoms with E-state index in [1.807, 2.05) is 0 Å². The molecule has 0 amide bonds. The van der Waals surface area contributed by atoms with Crippen LogP contribution in [0, 0.1) is 0 Å². The molecule has 70 valence electrons. The van der Waals surface area contributed by atoms with Gasteiger partial charge in [0.2, 0.25) is 0 Å². The summed E-state index contributed by atoms with van der Waals surface area (Å²) >= 11 is 0. The maximum Gasteiger partial charge on any atom is 0.165 e. The second-order valence-corrected chi connectivity index (χ2v) is 3.75. The molecule has 0 rings (SSSR count). The number of hydrogen-bond acceptors (Lipinski definition) is 0. The highest BCUT2D eigenvalue weighted by atomic mass is 15.0. The zero-order valence-corrected chi connectivity index (χ0v) is 9.15. The molecule has 0 fully saturated rings. The molecule has 0 aliphatic rings. The molecular formula is C11H22N+. The van der Waals surface area contributed by atoms with Crippen LogP contribution in [-0.4, -0.2) is 23.0 Å². The van der Waals surface area contributed by atoms with Crippen molar-refractivity contribution in [2.24, 2.45) is 0 Å². The van der Waals surface area contributed by atoms with E-state index in [1.165, 1.54) is 18.4 Å². The van der Waals surface area contributed by atoms with E-state index in [0.717, 1.165) is 6.54 Å². The topological polar surface area (TPSA) is 3.01 Å². The fourth-order valence-electron chi connectivity index (χ4n) is 1.06. The molecule has 0 atom stereocenters. The first-order valence-corrected chi connectivity index (χ1v) is 4.91. The first kappa shape index (κ1) is 11.4. The Morgan fingerprint density at radius 2 is 1.92 bits per heavy atom. The molecule has 0 radical (unpaired) electrons. The second-order valence-electron chi connectivity index (χ2n) is 3.75. The monoisotopic (exact) mass is 168 g/mol. The van der Waals surface area contributed by atoms with E-state index >= 15 is 0 Å². The van der Waals surface area contributed by atoms with E-state index in [9.17, 15) is 0 Å². The fraction of sp³-hybridized carbons (Fsp3) is 0.818. The molecule has 0 saturated heterocycles. The van der Waals surface area contributed by atoms with Crippen LogP contribution in [0.5, 0.6) is 0 Å². The van der Waals surface area contributed by atoms with E-state index in [4.69, 9.17) is 0 Å². The number of nitrogens with zero attached hydrogens (tertiary/aromatic N) is 1. The van der Waals surface area contributed by atoms with Gasteiger partial charge in [0.25, 0.3) is 0 Å². The molecule has 0 aromatic heterocycles. The van der Waals surface area contributed by atoms with E-state index in [2.05, 4.69) is 45.1 Å². The van der Waals surface area contributed by atoms with E-state index in [1.54, 1.807) is 0 Å². The van der Waals surface area contributed by atoms with Crippen LogP contribution in [0.1, 0.15) is 47.5 Å². The van der Waals surface area contributed by atoms with Gasteiger partial charge in [0.05, 0.1) is 0 Å². The minimum atomic E-state index is 0.575. The van der Waals surface area contributed by atoms with Gasteiger partial charge in [-0.2, -0.15) is 4.58 Å². The number of unbranched alkanes of at least 4 members (excludes halogenated alkanes) is 1. The third-order valence-corrected chi connectivity index (χ3v) is 1.74. The van der Waals surface area contributed by atoms with E-state index in [0.29, 0.717) is 6.04 Å². The third kappa shape index (κ3) is 5.15. The summed E-state index contributed by atoms with van der Waals surface area (Å²) < 4.78 is 2.29. The highest BCUT2D eigenvalue weighted by Crippen LogP contribution is 1.93. The molecule has 0 bridgehead atoms. The van der Waals surface area contributed by atoms with Crippen molar-refractivity contribution in [3.63, 3.8) is 0 Å². The van der Waals surface area contributed by atoms with Crippen LogP contribution in [0.25, 0.3) is 0 Å². The molecule has 1 heteroatoms. The molecule has 1 nitrogen and oxygen atoms in total. The lowest BCUT2D eigenvalue weighted by atomic mass is 10.3.